The van der Waals surface area contributed by atoms with E-state index in [1.54, 1.807) is 4.90 Å². The fourth-order valence-electron chi connectivity index (χ4n) is 3.97. The maximum absolute atomic E-state index is 14.5. The summed E-state index contributed by atoms with van der Waals surface area (Å²) in [5.41, 5.74) is -2.71. The molecule has 9 nitrogen and oxygen atoms in total. The molecule has 3 aromatic rings. The maximum Gasteiger partial charge on any atom is 0.329 e. The Balaban J connectivity index is 1.76. The Hall–Kier alpha value is -3.58. The number of halogens is 4. The molecule has 35 heavy (non-hydrogen) atoms. The van der Waals surface area contributed by atoms with E-state index in [1.807, 2.05) is 0 Å². The molecule has 1 amide bonds. The second-order valence-electron chi connectivity index (χ2n) is 8.07. The molecule has 1 aliphatic rings. The first-order chi connectivity index (χ1) is 16.7. The van der Waals surface area contributed by atoms with Gasteiger partial charge >= 0.3 is 5.69 Å². The Bertz CT molecular complexity index is 1390. The lowest BCUT2D eigenvalue weighted by atomic mass is 10.1. The number of morpholine rings is 1. The van der Waals surface area contributed by atoms with Crippen LogP contribution in [-0.2, 0) is 9.53 Å². The summed E-state index contributed by atoms with van der Waals surface area (Å²) in [6.07, 6.45) is 0.780. The lowest BCUT2D eigenvalue weighted by Gasteiger charge is -2.31. The molecule has 4 rings (SSSR count). The van der Waals surface area contributed by atoms with Gasteiger partial charge in [0.05, 0.1) is 36.7 Å². The summed E-state index contributed by atoms with van der Waals surface area (Å²) < 4.78 is 61.5. The molecule has 0 aliphatic carbocycles. The number of rotatable bonds is 6. The summed E-state index contributed by atoms with van der Waals surface area (Å²) >= 11 is 0. The Labute approximate surface area is 195 Å². The van der Waals surface area contributed by atoms with Crippen molar-refractivity contribution in [2.75, 3.05) is 32.8 Å². The van der Waals surface area contributed by atoms with Gasteiger partial charge in [0, 0.05) is 25.7 Å². The van der Waals surface area contributed by atoms with Gasteiger partial charge in [-0.2, -0.15) is 0 Å². The van der Waals surface area contributed by atoms with E-state index in [1.165, 1.54) is 6.92 Å². The quantitative estimate of drug-likeness (QED) is 0.501. The molecule has 2 atom stereocenters. The molecule has 3 heterocycles. The molecule has 2 aromatic heterocycles. The fourth-order valence-corrected chi connectivity index (χ4v) is 3.97. The van der Waals surface area contributed by atoms with Crippen LogP contribution in [0.5, 0.6) is 0 Å². The summed E-state index contributed by atoms with van der Waals surface area (Å²) in [5, 5.41) is 1.75. The van der Waals surface area contributed by atoms with Gasteiger partial charge in [-0.1, -0.05) is 0 Å². The number of ether oxygens (including phenoxy) is 1. The smallest absolute Gasteiger partial charge is 0.329 e. The lowest BCUT2D eigenvalue weighted by Crippen LogP contribution is -2.51. The van der Waals surface area contributed by atoms with E-state index in [4.69, 9.17) is 4.74 Å². The molecule has 186 valence electrons. The molecule has 0 unspecified atom stereocenters. The standard InChI is InChI=1S/C22H21F4N5O4/c1-11(19-14(25)8-12(23)9-27-19)28-20(32)16(10-30-4-6-35-7-5-30)31-21(33)17-15(29-22(31)34)3-2-13(24)18(17)26/h2-3,8-9,11,16H,4-7,10H2,1H3,(H,28,32)(H,29,34)/t11-,16-/m1/s1. The summed E-state index contributed by atoms with van der Waals surface area (Å²) in [7, 11) is 0. The highest BCUT2D eigenvalue weighted by atomic mass is 19.2. The van der Waals surface area contributed by atoms with Gasteiger partial charge in [0.2, 0.25) is 5.91 Å². The highest BCUT2D eigenvalue weighted by Crippen LogP contribution is 2.18. The maximum atomic E-state index is 14.5. The summed E-state index contributed by atoms with van der Waals surface area (Å²) in [6, 6.07) is -0.155. The number of carbonyl (C=O) groups excluding carboxylic acids is 1. The van der Waals surface area contributed by atoms with Crippen LogP contribution in [0.15, 0.2) is 34.0 Å². The van der Waals surface area contributed by atoms with E-state index in [0.29, 0.717) is 36.9 Å². The summed E-state index contributed by atoms with van der Waals surface area (Å²) in [5.74, 6) is -5.54. The number of nitrogens with zero attached hydrogens (tertiary/aromatic N) is 3. The Morgan fingerprint density at radius 3 is 2.57 bits per heavy atom. The van der Waals surface area contributed by atoms with E-state index in [-0.39, 0.29) is 17.8 Å². The second kappa shape index (κ2) is 9.96. The third kappa shape index (κ3) is 4.95. The molecule has 1 aliphatic heterocycles. The number of hydrogen-bond acceptors (Lipinski definition) is 6. The van der Waals surface area contributed by atoms with Crippen molar-refractivity contribution in [3.8, 4) is 0 Å². The van der Waals surface area contributed by atoms with Crippen molar-refractivity contribution in [3.05, 3.63) is 74.2 Å². The molecule has 13 heteroatoms. The number of nitrogens with one attached hydrogen (secondary N) is 2. The van der Waals surface area contributed by atoms with Gasteiger partial charge in [-0.25, -0.2) is 26.9 Å². The highest BCUT2D eigenvalue weighted by Gasteiger charge is 2.30. The molecular formula is C22H21F4N5O4. The zero-order chi connectivity index (χ0) is 25.3. The molecule has 1 fully saturated rings. The molecule has 0 bridgehead atoms. The first kappa shape index (κ1) is 24.5. The topological polar surface area (TPSA) is 109 Å². The van der Waals surface area contributed by atoms with Crippen LogP contribution < -0.4 is 16.6 Å². The highest BCUT2D eigenvalue weighted by molar-refractivity contribution is 5.82. The molecule has 1 saturated heterocycles. The number of hydrogen-bond donors (Lipinski definition) is 2. The first-order valence-electron chi connectivity index (χ1n) is 10.7. The normalized spacial score (nSPS) is 16.3. The average molecular weight is 495 g/mol. The minimum Gasteiger partial charge on any atom is -0.379 e. The largest absolute Gasteiger partial charge is 0.379 e. The second-order valence-corrected chi connectivity index (χ2v) is 8.07. The number of aromatic amines is 1. The fraction of sp³-hybridized carbons (Fsp3) is 0.364. The van der Waals surface area contributed by atoms with Crippen molar-refractivity contribution in [2.24, 2.45) is 0 Å². The molecule has 0 radical (unpaired) electrons. The minimum absolute atomic E-state index is 0.146. The number of aromatic nitrogens is 3. The van der Waals surface area contributed by atoms with Gasteiger partial charge < -0.3 is 15.0 Å². The molecule has 2 N–H and O–H groups in total. The van der Waals surface area contributed by atoms with E-state index in [0.717, 1.165) is 18.3 Å². The number of amides is 1. The SMILES string of the molecule is C[C@@H](NC(=O)[C@@H](CN1CCOCC1)n1c(=O)[nH]c2ccc(F)c(F)c2c1=O)c1ncc(F)cc1F. The Morgan fingerprint density at radius 2 is 1.89 bits per heavy atom. The molecule has 1 aromatic carbocycles. The van der Waals surface area contributed by atoms with Crippen molar-refractivity contribution in [1.29, 1.82) is 0 Å². The lowest BCUT2D eigenvalue weighted by molar-refractivity contribution is -0.126. The molecule has 0 saturated carbocycles. The van der Waals surface area contributed by atoms with Gasteiger partial charge in [-0.3, -0.25) is 19.5 Å². The average Bonchev–Trinajstić information content (AvgIpc) is 2.81. The van der Waals surface area contributed by atoms with Crippen LogP contribution in [-0.4, -0.2) is 58.2 Å². The monoisotopic (exact) mass is 495 g/mol. The Kier molecular flexibility index (Phi) is 6.98. The van der Waals surface area contributed by atoms with E-state index < -0.39 is 57.9 Å². The van der Waals surface area contributed by atoms with Gasteiger partial charge in [-0.15, -0.1) is 0 Å². The summed E-state index contributed by atoms with van der Waals surface area (Å²) in [4.78, 5) is 47.0. The molecular weight excluding hydrogens is 474 g/mol. The van der Waals surface area contributed by atoms with Crippen LogP contribution in [0.3, 0.4) is 0 Å². The van der Waals surface area contributed by atoms with Crippen LogP contribution in [0, 0.1) is 23.3 Å². The summed E-state index contributed by atoms with van der Waals surface area (Å²) in [6.45, 7) is 2.70. The van der Waals surface area contributed by atoms with E-state index in [2.05, 4.69) is 15.3 Å². The number of H-pyrrole nitrogens is 1. The Morgan fingerprint density at radius 1 is 1.17 bits per heavy atom. The van der Waals surface area contributed by atoms with Crippen LogP contribution in [0.4, 0.5) is 17.6 Å². The van der Waals surface area contributed by atoms with Gasteiger partial charge in [0.15, 0.2) is 11.6 Å². The number of fused-ring (bicyclic) bond motifs is 1. The van der Waals surface area contributed by atoms with Crippen molar-refractivity contribution >= 4 is 16.8 Å². The van der Waals surface area contributed by atoms with Crippen LogP contribution >= 0.6 is 0 Å². The predicted molar refractivity (Wildman–Crippen MR) is 116 cm³/mol. The van der Waals surface area contributed by atoms with Crippen molar-refractivity contribution in [2.45, 2.75) is 19.0 Å². The third-order valence-electron chi connectivity index (χ3n) is 5.74. The molecule has 0 spiro atoms. The van der Waals surface area contributed by atoms with Gasteiger partial charge in [0.25, 0.3) is 5.56 Å². The van der Waals surface area contributed by atoms with Crippen molar-refractivity contribution < 1.29 is 27.1 Å². The van der Waals surface area contributed by atoms with Gasteiger partial charge in [0.1, 0.15) is 23.1 Å². The van der Waals surface area contributed by atoms with Crippen LogP contribution in [0.2, 0.25) is 0 Å². The predicted octanol–water partition coefficient (Wildman–Crippen LogP) is 1.39. The zero-order valence-corrected chi connectivity index (χ0v) is 18.5. The van der Waals surface area contributed by atoms with Crippen molar-refractivity contribution in [3.63, 3.8) is 0 Å². The van der Waals surface area contributed by atoms with E-state index >= 15 is 0 Å². The number of pyridine rings is 1. The minimum atomic E-state index is -1.50. The van der Waals surface area contributed by atoms with Crippen LogP contribution in [0.25, 0.3) is 10.9 Å². The van der Waals surface area contributed by atoms with Crippen LogP contribution in [0.1, 0.15) is 24.7 Å². The zero-order valence-electron chi connectivity index (χ0n) is 18.5. The third-order valence-corrected chi connectivity index (χ3v) is 5.74. The first-order valence-corrected chi connectivity index (χ1v) is 10.7. The van der Waals surface area contributed by atoms with Crippen molar-refractivity contribution in [1.82, 2.24) is 24.8 Å². The van der Waals surface area contributed by atoms with Gasteiger partial charge in [-0.05, 0) is 19.1 Å². The number of carbonyl (C=O) groups is 1. The van der Waals surface area contributed by atoms with E-state index in [9.17, 15) is 31.9 Å². The number of benzene rings is 1.